The molecule has 0 saturated carbocycles. The molecule has 3 heterocycles. The third-order valence-corrected chi connectivity index (χ3v) is 3.93. The number of benzene rings is 1. The standard InChI is InChI=1S/C17H14N4O2/c22-17(12-6-7-15-16(10-12)20-23-19-15)21-9-3-4-13(11-21)14-5-1-2-8-18-14/h1-2,4-8,10H,3,9,11H2. The quantitative estimate of drug-likeness (QED) is 0.727. The maximum Gasteiger partial charge on any atom is 0.254 e. The van der Waals surface area contributed by atoms with Crippen molar-refractivity contribution in [1.82, 2.24) is 20.2 Å². The van der Waals surface area contributed by atoms with Gasteiger partial charge in [-0.05, 0) is 52.6 Å². The molecule has 0 bridgehead atoms. The highest BCUT2D eigenvalue weighted by Gasteiger charge is 2.21. The summed E-state index contributed by atoms with van der Waals surface area (Å²) in [4.78, 5) is 18.9. The Labute approximate surface area is 132 Å². The highest BCUT2D eigenvalue weighted by atomic mass is 16.6. The minimum atomic E-state index is -0.0172. The zero-order valence-electron chi connectivity index (χ0n) is 12.3. The fourth-order valence-corrected chi connectivity index (χ4v) is 2.75. The number of carbonyl (C=O) groups is 1. The van der Waals surface area contributed by atoms with Crippen molar-refractivity contribution >= 4 is 22.5 Å². The van der Waals surface area contributed by atoms with Crippen molar-refractivity contribution < 1.29 is 9.42 Å². The van der Waals surface area contributed by atoms with Crippen LogP contribution in [0, 0.1) is 0 Å². The van der Waals surface area contributed by atoms with Crippen LogP contribution in [0.25, 0.3) is 16.6 Å². The molecule has 114 valence electrons. The predicted molar refractivity (Wildman–Crippen MR) is 84.5 cm³/mol. The van der Waals surface area contributed by atoms with E-state index in [1.54, 1.807) is 24.4 Å². The number of amides is 1. The molecule has 0 aliphatic carbocycles. The van der Waals surface area contributed by atoms with E-state index in [4.69, 9.17) is 0 Å². The predicted octanol–water partition coefficient (Wildman–Crippen LogP) is 2.55. The summed E-state index contributed by atoms with van der Waals surface area (Å²) < 4.78 is 4.68. The molecule has 6 nitrogen and oxygen atoms in total. The van der Waals surface area contributed by atoms with E-state index >= 15 is 0 Å². The van der Waals surface area contributed by atoms with E-state index in [2.05, 4.69) is 26.0 Å². The number of aromatic nitrogens is 3. The van der Waals surface area contributed by atoms with Gasteiger partial charge in [-0.25, -0.2) is 4.63 Å². The molecule has 2 aromatic heterocycles. The van der Waals surface area contributed by atoms with E-state index in [1.165, 1.54) is 0 Å². The Kier molecular flexibility index (Phi) is 3.34. The Balaban J connectivity index is 1.58. The van der Waals surface area contributed by atoms with Gasteiger partial charge in [0.05, 0.1) is 5.69 Å². The molecule has 0 unspecified atom stereocenters. The topological polar surface area (TPSA) is 72.1 Å². The summed E-state index contributed by atoms with van der Waals surface area (Å²) >= 11 is 0. The Bertz CT molecular complexity index is 886. The lowest BCUT2D eigenvalue weighted by Gasteiger charge is -2.27. The van der Waals surface area contributed by atoms with Crippen LogP contribution in [0.4, 0.5) is 0 Å². The maximum atomic E-state index is 12.7. The molecule has 4 rings (SSSR count). The molecule has 1 aliphatic heterocycles. The molecule has 0 saturated heterocycles. The van der Waals surface area contributed by atoms with Gasteiger partial charge >= 0.3 is 0 Å². The number of fused-ring (bicyclic) bond motifs is 1. The second-order valence-electron chi connectivity index (χ2n) is 5.43. The molecule has 0 radical (unpaired) electrons. The third-order valence-electron chi connectivity index (χ3n) is 3.93. The van der Waals surface area contributed by atoms with Gasteiger partial charge in [-0.3, -0.25) is 9.78 Å². The number of nitrogens with zero attached hydrogens (tertiary/aromatic N) is 4. The number of carbonyl (C=O) groups excluding carboxylic acids is 1. The summed E-state index contributed by atoms with van der Waals surface area (Å²) in [6.45, 7) is 1.26. The van der Waals surface area contributed by atoms with Gasteiger partial charge in [-0.2, -0.15) is 0 Å². The molecule has 6 heteroatoms. The van der Waals surface area contributed by atoms with Gasteiger partial charge in [0.2, 0.25) is 0 Å². The lowest BCUT2D eigenvalue weighted by molar-refractivity contribution is 0.0775. The highest BCUT2D eigenvalue weighted by molar-refractivity contribution is 5.98. The Morgan fingerprint density at radius 1 is 1.13 bits per heavy atom. The zero-order valence-corrected chi connectivity index (χ0v) is 12.3. The normalized spacial score (nSPS) is 14.8. The molecule has 1 amide bonds. The molecule has 0 fully saturated rings. The van der Waals surface area contributed by atoms with Crippen molar-refractivity contribution in [3.8, 4) is 0 Å². The average Bonchev–Trinajstić information content (AvgIpc) is 3.09. The molecular weight excluding hydrogens is 292 g/mol. The first-order valence-electron chi connectivity index (χ1n) is 7.43. The van der Waals surface area contributed by atoms with E-state index < -0.39 is 0 Å². The first-order valence-corrected chi connectivity index (χ1v) is 7.43. The molecular formula is C17H14N4O2. The number of hydrogen-bond donors (Lipinski definition) is 0. The van der Waals surface area contributed by atoms with Crippen molar-refractivity contribution in [3.05, 3.63) is 59.9 Å². The van der Waals surface area contributed by atoms with E-state index in [9.17, 15) is 4.79 Å². The number of rotatable bonds is 2. The van der Waals surface area contributed by atoms with Crippen LogP contribution in [0.5, 0.6) is 0 Å². The second-order valence-corrected chi connectivity index (χ2v) is 5.43. The molecule has 0 N–H and O–H groups in total. The van der Waals surface area contributed by atoms with Gasteiger partial charge in [0.25, 0.3) is 5.91 Å². The van der Waals surface area contributed by atoms with Crippen LogP contribution in [-0.2, 0) is 0 Å². The third kappa shape index (κ3) is 2.59. The van der Waals surface area contributed by atoms with Gasteiger partial charge in [0.1, 0.15) is 11.0 Å². The molecule has 3 aromatic rings. The Morgan fingerprint density at radius 2 is 2.04 bits per heavy atom. The van der Waals surface area contributed by atoms with Crippen molar-refractivity contribution in [2.75, 3.05) is 13.1 Å². The summed E-state index contributed by atoms with van der Waals surface area (Å²) in [5.41, 5.74) is 3.83. The smallest absolute Gasteiger partial charge is 0.254 e. The lowest BCUT2D eigenvalue weighted by atomic mass is 10.0. The largest absolute Gasteiger partial charge is 0.334 e. The molecule has 0 spiro atoms. The minimum Gasteiger partial charge on any atom is -0.334 e. The van der Waals surface area contributed by atoms with Crippen LogP contribution in [0.3, 0.4) is 0 Å². The number of pyridine rings is 1. The number of hydrogen-bond acceptors (Lipinski definition) is 5. The molecule has 1 aliphatic rings. The van der Waals surface area contributed by atoms with Gasteiger partial charge in [0, 0.05) is 24.8 Å². The first-order chi connectivity index (χ1) is 11.3. The Morgan fingerprint density at radius 3 is 2.91 bits per heavy atom. The van der Waals surface area contributed by atoms with E-state index in [-0.39, 0.29) is 5.91 Å². The van der Waals surface area contributed by atoms with E-state index in [0.717, 1.165) is 17.7 Å². The minimum absolute atomic E-state index is 0.0172. The molecule has 1 aromatic carbocycles. The average molecular weight is 306 g/mol. The van der Waals surface area contributed by atoms with Crippen LogP contribution in [0.1, 0.15) is 22.5 Å². The van der Waals surface area contributed by atoms with Gasteiger partial charge in [0.15, 0.2) is 0 Å². The van der Waals surface area contributed by atoms with Crippen LogP contribution < -0.4 is 0 Å². The summed E-state index contributed by atoms with van der Waals surface area (Å²) in [5.74, 6) is -0.0172. The van der Waals surface area contributed by atoms with Crippen molar-refractivity contribution in [2.24, 2.45) is 0 Å². The highest BCUT2D eigenvalue weighted by Crippen LogP contribution is 2.21. The summed E-state index contributed by atoms with van der Waals surface area (Å²) in [6, 6.07) is 11.0. The van der Waals surface area contributed by atoms with Crippen LogP contribution in [0.15, 0.2) is 53.3 Å². The monoisotopic (exact) mass is 306 g/mol. The van der Waals surface area contributed by atoms with Crippen LogP contribution in [-0.4, -0.2) is 39.2 Å². The first kappa shape index (κ1) is 13.6. The fourth-order valence-electron chi connectivity index (χ4n) is 2.75. The van der Waals surface area contributed by atoms with Crippen LogP contribution >= 0.6 is 0 Å². The summed E-state index contributed by atoms with van der Waals surface area (Å²) in [7, 11) is 0. The van der Waals surface area contributed by atoms with Gasteiger partial charge in [-0.15, -0.1) is 0 Å². The van der Waals surface area contributed by atoms with Crippen LogP contribution in [0.2, 0.25) is 0 Å². The van der Waals surface area contributed by atoms with Gasteiger partial charge < -0.3 is 4.90 Å². The van der Waals surface area contributed by atoms with Crippen molar-refractivity contribution in [3.63, 3.8) is 0 Å². The van der Waals surface area contributed by atoms with Crippen molar-refractivity contribution in [2.45, 2.75) is 6.42 Å². The summed E-state index contributed by atoms with van der Waals surface area (Å²) in [6.07, 6.45) is 4.74. The second kappa shape index (κ2) is 5.64. The van der Waals surface area contributed by atoms with Crippen molar-refractivity contribution in [1.29, 1.82) is 0 Å². The zero-order chi connectivity index (χ0) is 15.6. The molecule has 23 heavy (non-hydrogen) atoms. The van der Waals surface area contributed by atoms with E-state index in [1.807, 2.05) is 23.1 Å². The summed E-state index contributed by atoms with van der Waals surface area (Å²) in [5, 5.41) is 7.55. The fraction of sp³-hybridized carbons (Fsp3) is 0.176. The van der Waals surface area contributed by atoms with Gasteiger partial charge in [-0.1, -0.05) is 12.1 Å². The SMILES string of the molecule is O=C(c1ccc2nonc2c1)N1CCC=C(c2ccccn2)C1. The van der Waals surface area contributed by atoms with E-state index in [0.29, 0.717) is 29.7 Å². The lowest BCUT2D eigenvalue weighted by Crippen LogP contribution is -2.35. The molecule has 0 atom stereocenters. The Hall–Kier alpha value is -3.02. The maximum absolute atomic E-state index is 12.7.